The van der Waals surface area contributed by atoms with Gasteiger partial charge in [0.15, 0.2) is 8.32 Å². The zero-order valence-corrected chi connectivity index (χ0v) is 47.9. The van der Waals surface area contributed by atoms with Gasteiger partial charge in [0.2, 0.25) is 0 Å². The summed E-state index contributed by atoms with van der Waals surface area (Å²) in [5.74, 6) is 8.21. The number of hydrazine groups is 2. The number of nitrogen functional groups attached to an aromatic ring is 1. The van der Waals surface area contributed by atoms with E-state index in [4.69, 9.17) is 34.5 Å². The van der Waals surface area contributed by atoms with Crippen molar-refractivity contribution in [2.75, 3.05) is 33.0 Å². The SMILES string of the molecule is CC(C)(C)[Si](C)(C)OCC=O.CC(C)Oc1ccc(C(=O)NN(CCO)Cc2ccc(OCC3CCCCC3)cc2)cc1C#N.CC(C)Oc1ccc(C(=O)NN)cc1C#N.O=Cc1ccc(OCC2CCCCC2)cc1. The Morgan fingerprint density at radius 1 is 0.727 bits per heavy atom. The topological polar surface area (TPSA) is 236 Å². The number of amides is 2. The van der Waals surface area contributed by atoms with Gasteiger partial charge in [-0.2, -0.15) is 10.5 Å². The van der Waals surface area contributed by atoms with Gasteiger partial charge in [0, 0.05) is 29.8 Å². The van der Waals surface area contributed by atoms with Gasteiger partial charge in [0.25, 0.3) is 11.8 Å². The van der Waals surface area contributed by atoms with Crippen molar-refractivity contribution in [2.45, 2.75) is 150 Å². The Morgan fingerprint density at radius 2 is 1.18 bits per heavy atom. The van der Waals surface area contributed by atoms with Gasteiger partial charge in [-0.15, -0.1) is 0 Å². The Bertz CT molecular complexity index is 2490. The number of nitrogens with zero attached hydrogens (tertiary/aromatic N) is 3. The molecule has 4 aromatic rings. The number of aliphatic hydroxyl groups excluding tert-OH is 1. The second-order valence-corrected chi connectivity index (χ2v) is 26.0. The number of aliphatic hydroxyl groups is 1. The lowest BCUT2D eigenvalue weighted by molar-refractivity contribution is -0.109. The van der Waals surface area contributed by atoms with E-state index < -0.39 is 14.2 Å². The van der Waals surface area contributed by atoms with Crippen molar-refractivity contribution in [3.8, 4) is 35.1 Å². The van der Waals surface area contributed by atoms with Crippen LogP contribution in [0.1, 0.15) is 160 Å². The lowest BCUT2D eigenvalue weighted by atomic mass is 9.90. The average Bonchev–Trinajstić information content (AvgIpc) is 3.42. The van der Waals surface area contributed by atoms with Crippen molar-refractivity contribution in [3.05, 3.63) is 118 Å². The van der Waals surface area contributed by atoms with Crippen molar-refractivity contribution < 1.29 is 47.7 Å². The van der Waals surface area contributed by atoms with E-state index >= 15 is 0 Å². The smallest absolute Gasteiger partial charge is 0.265 e. The molecule has 0 atom stereocenters. The number of carbonyl (C=O) groups is 4. The largest absolute Gasteiger partial charge is 0.493 e. The van der Waals surface area contributed by atoms with Crippen LogP contribution in [0.25, 0.3) is 0 Å². The average molecular weight is 1080 g/mol. The summed E-state index contributed by atoms with van der Waals surface area (Å²) >= 11 is 0. The number of hydrogen-bond acceptors (Lipinski definition) is 14. The standard InChI is InChI=1S/C27H35N3O4.C14H18O2.C11H13N3O2.C8H18O2Si/c1-20(2)34-26-13-10-23(16-24(26)17-28)27(32)29-30(14-15-31)18-21-8-11-25(12-9-21)33-19-22-6-4-3-5-7-22;15-10-12-6-8-14(9-7-12)16-11-13-4-2-1-3-5-13;1-7(2)16-10-4-3-8(11(15)14-13)5-9(10)6-12;1-8(2,3)11(4,5)10-7-6-9/h8-13,16,20,22,31H,3-7,14-15,18-19H2,1-2H3,(H,29,32);6-10,13H,1-5,11H2;3-5,7H,13H2,1-2H3,(H,14,15);6H,7H2,1-5H3. The van der Waals surface area contributed by atoms with Crippen LogP contribution in [0.3, 0.4) is 0 Å². The number of carbonyl (C=O) groups excluding carboxylic acids is 4. The summed E-state index contributed by atoms with van der Waals surface area (Å²) in [6.45, 7) is 20.6. The molecule has 2 aliphatic rings. The third-order valence-corrected chi connectivity index (χ3v) is 17.8. The number of ether oxygens (including phenoxy) is 4. The molecule has 4 aromatic carbocycles. The first-order valence-electron chi connectivity index (χ1n) is 26.8. The van der Waals surface area contributed by atoms with E-state index in [0.717, 1.165) is 48.8 Å². The molecule has 17 heteroatoms. The number of rotatable bonds is 21. The summed E-state index contributed by atoms with van der Waals surface area (Å²) < 4.78 is 28.3. The lowest BCUT2D eigenvalue weighted by Gasteiger charge is -2.35. The van der Waals surface area contributed by atoms with E-state index in [-0.39, 0.29) is 42.9 Å². The molecular weight excluding hydrogens is 993 g/mol. The first kappa shape index (κ1) is 64.7. The van der Waals surface area contributed by atoms with Crippen LogP contribution in [-0.4, -0.2) is 88.0 Å². The van der Waals surface area contributed by atoms with Gasteiger partial charge in [-0.05, 0) is 162 Å². The van der Waals surface area contributed by atoms with Crippen LogP contribution in [0.2, 0.25) is 18.1 Å². The van der Waals surface area contributed by atoms with Crippen molar-refractivity contribution in [1.29, 1.82) is 10.5 Å². The molecule has 0 aromatic heterocycles. The summed E-state index contributed by atoms with van der Waals surface area (Å²) in [6, 6.07) is 28.6. The second-order valence-electron chi connectivity index (χ2n) is 21.2. The van der Waals surface area contributed by atoms with Gasteiger partial charge >= 0.3 is 0 Å². The van der Waals surface area contributed by atoms with Crippen molar-refractivity contribution in [3.63, 3.8) is 0 Å². The van der Waals surface area contributed by atoms with Crippen LogP contribution >= 0.6 is 0 Å². The van der Waals surface area contributed by atoms with Gasteiger partial charge < -0.3 is 33.3 Å². The number of nitrogens with two attached hydrogens (primary N) is 1. The summed E-state index contributed by atoms with van der Waals surface area (Å²) in [5, 5.41) is 29.7. The number of nitrogens with one attached hydrogen (secondary N) is 2. The fourth-order valence-corrected chi connectivity index (χ4v) is 8.88. The van der Waals surface area contributed by atoms with Crippen molar-refractivity contribution in [2.24, 2.45) is 17.7 Å². The number of aldehydes is 2. The van der Waals surface area contributed by atoms with E-state index in [9.17, 15) is 29.5 Å². The molecule has 0 saturated heterocycles. The number of benzene rings is 4. The van der Waals surface area contributed by atoms with E-state index in [1.807, 2.05) is 75.6 Å². The molecule has 0 spiro atoms. The minimum absolute atomic E-state index is 0.0266. The van der Waals surface area contributed by atoms with E-state index in [0.29, 0.717) is 51.8 Å². The van der Waals surface area contributed by atoms with Crippen molar-refractivity contribution in [1.82, 2.24) is 15.9 Å². The highest BCUT2D eigenvalue weighted by Crippen LogP contribution is 2.36. The highest BCUT2D eigenvalue weighted by atomic mass is 28.4. The normalized spacial score (nSPS) is 13.7. The molecule has 418 valence electrons. The number of nitriles is 2. The summed E-state index contributed by atoms with van der Waals surface area (Å²) in [5.41, 5.74) is 7.81. The van der Waals surface area contributed by atoms with Crippen LogP contribution in [-0.2, 0) is 15.8 Å². The molecule has 6 rings (SSSR count). The van der Waals surface area contributed by atoms with Gasteiger partial charge in [-0.3, -0.25) is 25.2 Å². The Morgan fingerprint density at radius 3 is 1.57 bits per heavy atom. The van der Waals surface area contributed by atoms with Crippen LogP contribution in [0.4, 0.5) is 0 Å². The minimum atomic E-state index is -1.66. The molecule has 2 amide bonds. The molecule has 2 aliphatic carbocycles. The molecule has 0 radical (unpaired) electrons. The zero-order valence-electron chi connectivity index (χ0n) is 46.9. The first-order chi connectivity index (χ1) is 36.7. The lowest BCUT2D eigenvalue weighted by Crippen LogP contribution is -2.43. The summed E-state index contributed by atoms with van der Waals surface area (Å²) in [6.07, 6.45) is 14.7. The zero-order chi connectivity index (χ0) is 56.8. The fourth-order valence-electron chi connectivity index (χ4n) is 7.97. The summed E-state index contributed by atoms with van der Waals surface area (Å²) in [7, 11) is -1.66. The molecule has 77 heavy (non-hydrogen) atoms. The molecular formula is C60H84N6O10Si. The molecule has 0 unspecified atom stereocenters. The summed E-state index contributed by atoms with van der Waals surface area (Å²) in [4.78, 5) is 44.6. The van der Waals surface area contributed by atoms with Crippen LogP contribution < -0.4 is 35.6 Å². The van der Waals surface area contributed by atoms with E-state index in [1.54, 1.807) is 41.4 Å². The van der Waals surface area contributed by atoms with Gasteiger partial charge in [-0.1, -0.05) is 71.4 Å². The van der Waals surface area contributed by atoms with Gasteiger partial charge in [0.05, 0.1) is 49.8 Å². The highest BCUT2D eigenvalue weighted by Gasteiger charge is 2.36. The Labute approximate surface area is 458 Å². The monoisotopic (exact) mass is 1080 g/mol. The van der Waals surface area contributed by atoms with Gasteiger partial charge in [-0.25, -0.2) is 10.9 Å². The molecule has 0 bridgehead atoms. The van der Waals surface area contributed by atoms with E-state index in [1.165, 1.54) is 76.3 Å². The Kier molecular flexibility index (Phi) is 28.7. The molecule has 0 aliphatic heterocycles. The third kappa shape index (κ3) is 24.1. The number of hydrogen-bond donors (Lipinski definition) is 4. The quantitative estimate of drug-likeness (QED) is 0.0200. The first-order valence-corrected chi connectivity index (χ1v) is 29.7. The predicted molar refractivity (Wildman–Crippen MR) is 302 cm³/mol. The Hall–Kier alpha value is -6.60. The minimum Gasteiger partial charge on any atom is -0.493 e. The third-order valence-electron chi connectivity index (χ3n) is 13.3. The van der Waals surface area contributed by atoms with Crippen LogP contribution in [0, 0.1) is 34.5 Å². The maximum Gasteiger partial charge on any atom is 0.265 e. The Balaban J connectivity index is 0.000000302. The molecule has 2 saturated carbocycles. The van der Waals surface area contributed by atoms with Crippen molar-refractivity contribution >= 4 is 32.7 Å². The maximum absolute atomic E-state index is 12.8. The molecule has 16 nitrogen and oxygen atoms in total. The molecule has 2 fully saturated rings. The van der Waals surface area contributed by atoms with Crippen LogP contribution in [0.5, 0.6) is 23.0 Å². The fraction of sp³-hybridized carbons (Fsp3) is 0.500. The molecule has 0 heterocycles. The van der Waals surface area contributed by atoms with Crippen LogP contribution in [0.15, 0.2) is 84.9 Å². The highest BCUT2D eigenvalue weighted by molar-refractivity contribution is 6.74. The van der Waals surface area contributed by atoms with E-state index in [2.05, 4.69) is 45.4 Å². The maximum atomic E-state index is 12.8. The van der Waals surface area contributed by atoms with Gasteiger partial charge in [0.1, 0.15) is 47.7 Å². The predicted octanol–water partition coefficient (Wildman–Crippen LogP) is 11.1. The second kappa shape index (κ2) is 34.2. The molecule has 5 N–H and O–H groups in total.